The van der Waals surface area contributed by atoms with E-state index in [1.54, 1.807) is 18.2 Å². The highest BCUT2D eigenvalue weighted by Crippen LogP contribution is 2.36. The Morgan fingerprint density at radius 2 is 1.97 bits per heavy atom. The molecule has 160 valence electrons. The molecule has 0 unspecified atom stereocenters. The zero-order chi connectivity index (χ0) is 22.1. The number of primary amides is 1. The minimum absolute atomic E-state index is 0.0178. The van der Waals surface area contributed by atoms with Crippen LogP contribution in [-0.2, 0) is 26.2 Å². The lowest BCUT2D eigenvalue weighted by Gasteiger charge is -2.28. The molecule has 0 fully saturated rings. The van der Waals surface area contributed by atoms with Gasteiger partial charge in [0.05, 0.1) is 4.90 Å². The zero-order valence-electron chi connectivity index (χ0n) is 15.8. The number of carbonyl (C=O) groups is 2. The van der Waals surface area contributed by atoms with E-state index < -0.39 is 52.1 Å². The van der Waals surface area contributed by atoms with E-state index in [0.29, 0.717) is 11.0 Å². The molecule has 3 N–H and O–H groups in total. The average molecular weight is 456 g/mol. The molecule has 2 aromatic rings. The molecular formula is C19H19F2N3O4S2. The summed E-state index contributed by atoms with van der Waals surface area (Å²) in [7, 11) is -4.22. The molecule has 0 bridgehead atoms. The van der Waals surface area contributed by atoms with E-state index >= 15 is 0 Å². The minimum atomic E-state index is -4.22. The molecule has 1 heterocycles. The molecule has 2 atom stereocenters. The average Bonchev–Trinajstić information content (AvgIpc) is 2.79. The fourth-order valence-electron chi connectivity index (χ4n) is 2.93. The van der Waals surface area contributed by atoms with Crippen molar-refractivity contribution in [3.63, 3.8) is 0 Å². The fourth-order valence-corrected chi connectivity index (χ4v) is 6.21. The Kier molecular flexibility index (Phi) is 6.44. The third-order valence-electron chi connectivity index (χ3n) is 4.61. The Hall–Kier alpha value is -2.50. The van der Waals surface area contributed by atoms with Gasteiger partial charge in [0.2, 0.25) is 21.8 Å². The number of sulfonamides is 1. The molecule has 1 aliphatic rings. The van der Waals surface area contributed by atoms with Gasteiger partial charge in [-0.1, -0.05) is 18.2 Å². The van der Waals surface area contributed by atoms with E-state index in [4.69, 9.17) is 5.73 Å². The van der Waals surface area contributed by atoms with Crippen molar-refractivity contribution in [3.8, 4) is 0 Å². The Labute approximate surface area is 176 Å². The summed E-state index contributed by atoms with van der Waals surface area (Å²) < 4.78 is 55.2. The van der Waals surface area contributed by atoms with Gasteiger partial charge in [-0.15, -0.1) is 11.8 Å². The highest BCUT2D eigenvalue weighted by molar-refractivity contribution is 8.00. The number of benzene rings is 2. The lowest BCUT2D eigenvalue weighted by molar-refractivity contribution is -0.129. The summed E-state index contributed by atoms with van der Waals surface area (Å²) in [6.45, 7) is 0.879. The zero-order valence-corrected chi connectivity index (χ0v) is 17.5. The highest BCUT2D eigenvalue weighted by atomic mass is 32.2. The molecule has 11 heteroatoms. The van der Waals surface area contributed by atoms with Crippen LogP contribution in [0.2, 0.25) is 0 Å². The van der Waals surface area contributed by atoms with Crippen LogP contribution in [0.3, 0.4) is 0 Å². The van der Waals surface area contributed by atoms with Crippen molar-refractivity contribution in [2.24, 2.45) is 5.73 Å². The van der Waals surface area contributed by atoms with Crippen molar-refractivity contribution in [2.75, 3.05) is 5.75 Å². The molecule has 0 aliphatic carbocycles. The van der Waals surface area contributed by atoms with Crippen LogP contribution in [0.4, 0.5) is 8.78 Å². The number of hydrogen-bond donors (Lipinski definition) is 2. The third kappa shape index (κ3) is 4.47. The number of nitrogens with one attached hydrogen (secondary N) is 1. The number of thioether (sulfide) groups is 1. The van der Waals surface area contributed by atoms with E-state index in [0.717, 1.165) is 28.2 Å². The van der Waals surface area contributed by atoms with Crippen molar-refractivity contribution in [1.82, 2.24) is 9.62 Å². The lowest BCUT2D eigenvalue weighted by Crippen LogP contribution is -2.53. The van der Waals surface area contributed by atoms with Crippen LogP contribution in [0, 0.1) is 11.6 Å². The smallest absolute Gasteiger partial charge is 0.245 e. The highest BCUT2D eigenvalue weighted by Gasteiger charge is 2.40. The van der Waals surface area contributed by atoms with E-state index in [-0.39, 0.29) is 16.2 Å². The molecule has 2 amide bonds. The van der Waals surface area contributed by atoms with E-state index in [1.165, 1.54) is 13.0 Å². The molecule has 2 aromatic carbocycles. The van der Waals surface area contributed by atoms with Crippen molar-refractivity contribution in [1.29, 1.82) is 0 Å². The van der Waals surface area contributed by atoms with Gasteiger partial charge < -0.3 is 11.1 Å². The number of hydrogen-bond acceptors (Lipinski definition) is 5. The van der Waals surface area contributed by atoms with Crippen molar-refractivity contribution in [3.05, 3.63) is 59.7 Å². The van der Waals surface area contributed by atoms with Gasteiger partial charge in [0, 0.05) is 28.8 Å². The maximum Gasteiger partial charge on any atom is 0.245 e. The van der Waals surface area contributed by atoms with Crippen LogP contribution >= 0.6 is 11.8 Å². The lowest BCUT2D eigenvalue weighted by atomic mass is 10.2. The summed E-state index contributed by atoms with van der Waals surface area (Å²) in [5, 5.41) is 2.39. The fraction of sp³-hybridized carbons (Fsp3) is 0.263. The molecule has 3 rings (SSSR count). The monoisotopic (exact) mass is 455 g/mol. The molecule has 0 spiro atoms. The predicted molar refractivity (Wildman–Crippen MR) is 107 cm³/mol. The van der Waals surface area contributed by atoms with Gasteiger partial charge in [-0.2, -0.15) is 4.31 Å². The summed E-state index contributed by atoms with van der Waals surface area (Å²) in [6, 6.07) is 6.73. The van der Waals surface area contributed by atoms with E-state index in [2.05, 4.69) is 5.32 Å². The van der Waals surface area contributed by atoms with Gasteiger partial charge in [-0.05, 0) is 25.1 Å². The first-order chi connectivity index (χ1) is 14.1. The number of amides is 2. The molecule has 0 radical (unpaired) electrons. The first-order valence-corrected chi connectivity index (χ1v) is 11.3. The largest absolute Gasteiger partial charge is 0.368 e. The summed E-state index contributed by atoms with van der Waals surface area (Å²) in [6.07, 6.45) is 0. The van der Waals surface area contributed by atoms with Gasteiger partial charge >= 0.3 is 0 Å². The maximum atomic E-state index is 14.3. The van der Waals surface area contributed by atoms with Crippen LogP contribution in [-0.4, -0.2) is 42.4 Å². The Morgan fingerprint density at radius 3 is 2.63 bits per heavy atom. The van der Waals surface area contributed by atoms with Crippen LogP contribution < -0.4 is 11.1 Å². The SMILES string of the molecule is C[C@H](NC(=O)[C@@H]1CSc2ccccc2S(=O)(=O)N1Cc1ccc(F)cc1F)C(N)=O. The molecule has 1 aliphatic heterocycles. The second-order valence-corrected chi connectivity index (χ2v) is 9.61. The van der Waals surface area contributed by atoms with Crippen molar-refractivity contribution < 1.29 is 26.8 Å². The molecule has 0 saturated carbocycles. The molecular weight excluding hydrogens is 436 g/mol. The van der Waals surface area contributed by atoms with Crippen LogP contribution in [0.5, 0.6) is 0 Å². The summed E-state index contributed by atoms with van der Waals surface area (Å²) in [4.78, 5) is 24.6. The van der Waals surface area contributed by atoms with Gasteiger partial charge in [-0.25, -0.2) is 17.2 Å². The van der Waals surface area contributed by atoms with Crippen molar-refractivity contribution >= 4 is 33.6 Å². The van der Waals surface area contributed by atoms with Gasteiger partial charge in [0.25, 0.3) is 0 Å². The molecule has 30 heavy (non-hydrogen) atoms. The number of nitrogens with two attached hydrogens (primary N) is 1. The Bertz CT molecular complexity index is 1090. The van der Waals surface area contributed by atoms with Crippen LogP contribution in [0.15, 0.2) is 52.3 Å². The number of nitrogens with zero attached hydrogens (tertiary/aromatic N) is 1. The Balaban J connectivity index is 2.06. The first-order valence-electron chi connectivity index (χ1n) is 8.88. The molecule has 7 nitrogen and oxygen atoms in total. The summed E-state index contributed by atoms with van der Waals surface area (Å²) >= 11 is 1.15. The van der Waals surface area contributed by atoms with E-state index in [1.807, 2.05) is 0 Å². The predicted octanol–water partition coefficient (Wildman–Crippen LogP) is 1.62. The normalized spacial score (nSPS) is 19.4. The van der Waals surface area contributed by atoms with Crippen molar-refractivity contribution in [2.45, 2.75) is 35.3 Å². The molecule has 0 saturated heterocycles. The summed E-state index contributed by atoms with van der Waals surface area (Å²) in [5.41, 5.74) is 5.09. The number of rotatable bonds is 5. The van der Waals surface area contributed by atoms with Crippen LogP contribution in [0.1, 0.15) is 12.5 Å². The quantitative estimate of drug-likeness (QED) is 0.712. The Morgan fingerprint density at radius 1 is 1.27 bits per heavy atom. The maximum absolute atomic E-state index is 14.3. The topological polar surface area (TPSA) is 110 Å². The number of halogens is 2. The first kappa shape index (κ1) is 22.2. The van der Waals surface area contributed by atoms with Gasteiger partial charge in [0.1, 0.15) is 23.7 Å². The number of fused-ring (bicyclic) bond motifs is 1. The molecule has 0 aromatic heterocycles. The second-order valence-electron chi connectivity index (χ2n) is 6.69. The van der Waals surface area contributed by atoms with Gasteiger partial charge in [0.15, 0.2) is 0 Å². The standard InChI is InChI=1S/C19H19F2N3O4S2/c1-11(18(22)25)23-19(26)15-10-29-16-4-2-3-5-17(16)30(27,28)24(15)9-12-6-7-13(20)8-14(12)21/h2-8,11,15H,9-10H2,1H3,(H2,22,25)(H,23,26)/t11-,15-/m0/s1. The van der Waals surface area contributed by atoms with E-state index in [9.17, 15) is 26.8 Å². The van der Waals surface area contributed by atoms with Crippen LogP contribution in [0.25, 0.3) is 0 Å². The minimum Gasteiger partial charge on any atom is -0.368 e. The summed E-state index contributed by atoms with van der Waals surface area (Å²) in [5.74, 6) is -3.24. The third-order valence-corrected chi connectivity index (χ3v) is 7.80. The van der Waals surface area contributed by atoms with Gasteiger partial charge in [-0.3, -0.25) is 9.59 Å². The number of carbonyl (C=O) groups excluding carboxylic acids is 2. The second kappa shape index (κ2) is 8.70.